The van der Waals surface area contributed by atoms with Crippen molar-refractivity contribution in [2.75, 3.05) is 31.2 Å². The molecule has 0 aliphatic carbocycles. The summed E-state index contributed by atoms with van der Waals surface area (Å²) in [5.41, 5.74) is 8.04. The van der Waals surface area contributed by atoms with Crippen LogP contribution in [0.2, 0.25) is 0 Å². The molecule has 3 N–H and O–H groups in total. The lowest BCUT2D eigenvalue weighted by atomic mass is 10.0. The lowest BCUT2D eigenvalue weighted by molar-refractivity contribution is 0.209. The molecule has 0 radical (unpaired) electrons. The normalized spacial score (nSPS) is 17.5. The van der Waals surface area contributed by atoms with Crippen molar-refractivity contribution in [3.8, 4) is 0 Å². The minimum absolute atomic E-state index is 0.247. The molecule has 1 aliphatic heterocycles. The fraction of sp³-hybridized carbons (Fsp3) is 0.533. The standard InChI is InChI=1S/C15H24N4O2S/c1-11(2)13-5-4-6-14(7-13)18-15(16)17-8-12-9-19(10-12)22(3,20)21/h4-7,11-12H,8-10H2,1-3H3,(H3,16,17,18). The van der Waals surface area contributed by atoms with Gasteiger partial charge in [0.1, 0.15) is 0 Å². The van der Waals surface area contributed by atoms with E-state index in [9.17, 15) is 8.42 Å². The van der Waals surface area contributed by atoms with E-state index in [4.69, 9.17) is 5.73 Å². The zero-order valence-corrected chi connectivity index (χ0v) is 14.1. The molecule has 1 aliphatic rings. The minimum atomic E-state index is -3.06. The first kappa shape index (κ1) is 16.8. The Bertz CT molecular complexity index is 649. The van der Waals surface area contributed by atoms with Crippen molar-refractivity contribution in [1.82, 2.24) is 4.31 Å². The van der Waals surface area contributed by atoms with Crippen LogP contribution in [0.5, 0.6) is 0 Å². The third kappa shape index (κ3) is 4.45. The second kappa shape index (κ2) is 6.66. The Morgan fingerprint density at radius 3 is 2.73 bits per heavy atom. The maximum Gasteiger partial charge on any atom is 0.211 e. The summed E-state index contributed by atoms with van der Waals surface area (Å²) in [6, 6.07) is 8.07. The van der Waals surface area contributed by atoms with Crippen molar-refractivity contribution < 1.29 is 8.42 Å². The van der Waals surface area contributed by atoms with Gasteiger partial charge in [0.2, 0.25) is 10.0 Å². The number of sulfonamides is 1. The molecule has 0 aromatic heterocycles. The molecule has 1 heterocycles. The smallest absolute Gasteiger partial charge is 0.211 e. The van der Waals surface area contributed by atoms with Gasteiger partial charge in [-0.1, -0.05) is 26.0 Å². The van der Waals surface area contributed by atoms with E-state index >= 15 is 0 Å². The van der Waals surface area contributed by atoms with Crippen LogP contribution in [0, 0.1) is 5.92 Å². The second-order valence-corrected chi connectivity index (χ2v) is 8.06. The van der Waals surface area contributed by atoms with Gasteiger partial charge in [-0.2, -0.15) is 0 Å². The van der Waals surface area contributed by atoms with Crippen molar-refractivity contribution in [3.63, 3.8) is 0 Å². The second-order valence-electron chi connectivity index (χ2n) is 6.08. The van der Waals surface area contributed by atoms with Crippen LogP contribution in [0.1, 0.15) is 25.3 Å². The van der Waals surface area contributed by atoms with Crippen LogP contribution in [0.4, 0.5) is 5.69 Å². The maximum absolute atomic E-state index is 11.3. The topological polar surface area (TPSA) is 87.8 Å². The van der Waals surface area contributed by atoms with Gasteiger partial charge in [-0.15, -0.1) is 0 Å². The Morgan fingerprint density at radius 2 is 2.14 bits per heavy atom. The number of hydrogen-bond acceptors (Lipinski definition) is 3. The molecule has 1 aromatic rings. The Hall–Kier alpha value is -1.60. The van der Waals surface area contributed by atoms with Crippen LogP contribution in [-0.2, 0) is 10.0 Å². The quantitative estimate of drug-likeness (QED) is 0.633. The zero-order chi connectivity index (χ0) is 16.3. The third-order valence-corrected chi connectivity index (χ3v) is 4.97. The molecule has 0 bridgehead atoms. The van der Waals surface area contributed by atoms with Gasteiger partial charge in [0, 0.05) is 31.2 Å². The summed E-state index contributed by atoms with van der Waals surface area (Å²) < 4.78 is 24.0. The van der Waals surface area contributed by atoms with Gasteiger partial charge in [-0.05, 0) is 23.6 Å². The molecular formula is C15H24N4O2S. The van der Waals surface area contributed by atoms with Gasteiger partial charge >= 0.3 is 0 Å². The minimum Gasteiger partial charge on any atom is -0.370 e. The zero-order valence-electron chi connectivity index (χ0n) is 13.3. The SMILES string of the molecule is CC(C)c1cccc(NC(N)=NCC2CN(S(C)(=O)=O)C2)c1. The first-order chi connectivity index (χ1) is 10.3. The fourth-order valence-corrected chi connectivity index (χ4v) is 3.26. The van der Waals surface area contributed by atoms with E-state index in [-0.39, 0.29) is 5.92 Å². The number of nitrogens with one attached hydrogen (secondary N) is 1. The van der Waals surface area contributed by atoms with Crippen LogP contribution < -0.4 is 11.1 Å². The number of rotatable bonds is 5. The van der Waals surface area contributed by atoms with Crippen molar-refractivity contribution in [3.05, 3.63) is 29.8 Å². The molecule has 1 saturated heterocycles. The van der Waals surface area contributed by atoms with Crippen LogP contribution >= 0.6 is 0 Å². The summed E-state index contributed by atoms with van der Waals surface area (Å²) in [7, 11) is -3.06. The predicted molar refractivity (Wildman–Crippen MR) is 90.5 cm³/mol. The molecule has 1 fully saturated rings. The number of hydrogen-bond donors (Lipinski definition) is 2. The van der Waals surface area contributed by atoms with Crippen LogP contribution in [0.3, 0.4) is 0 Å². The van der Waals surface area contributed by atoms with E-state index in [1.165, 1.54) is 16.1 Å². The Balaban J connectivity index is 1.85. The summed E-state index contributed by atoms with van der Waals surface area (Å²) in [5, 5.41) is 3.08. The van der Waals surface area contributed by atoms with Gasteiger partial charge in [-0.3, -0.25) is 4.99 Å². The molecular weight excluding hydrogens is 300 g/mol. The summed E-state index contributed by atoms with van der Waals surface area (Å²) in [6.07, 6.45) is 1.23. The summed E-state index contributed by atoms with van der Waals surface area (Å²) in [6.45, 7) is 5.87. The summed E-state index contributed by atoms with van der Waals surface area (Å²) >= 11 is 0. The van der Waals surface area contributed by atoms with Crippen LogP contribution in [0.25, 0.3) is 0 Å². The van der Waals surface area contributed by atoms with Gasteiger partial charge in [0.25, 0.3) is 0 Å². The lowest BCUT2D eigenvalue weighted by Crippen LogP contribution is -2.50. The van der Waals surface area contributed by atoms with Crippen LogP contribution in [0.15, 0.2) is 29.3 Å². The number of guanidine groups is 1. The van der Waals surface area contributed by atoms with E-state index in [1.54, 1.807) is 0 Å². The lowest BCUT2D eigenvalue weighted by Gasteiger charge is -2.36. The van der Waals surface area contributed by atoms with Gasteiger partial charge < -0.3 is 11.1 Å². The Labute approximate surface area is 132 Å². The van der Waals surface area contributed by atoms with Crippen molar-refractivity contribution in [2.24, 2.45) is 16.6 Å². The highest BCUT2D eigenvalue weighted by Gasteiger charge is 2.32. The van der Waals surface area contributed by atoms with E-state index in [1.807, 2.05) is 12.1 Å². The van der Waals surface area contributed by atoms with E-state index in [0.29, 0.717) is 31.5 Å². The summed E-state index contributed by atoms with van der Waals surface area (Å²) in [5.74, 6) is 1.06. The first-order valence-corrected chi connectivity index (χ1v) is 9.22. The monoisotopic (exact) mass is 324 g/mol. The highest BCUT2D eigenvalue weighted by Crippen LogP contribution is 2.20. The highest BCUT2D eigenvalue weighted by molar-refractivity contribution is 7.88. The number of nitrogens with zero attached hydrogens (tertiary/aromatic N) is 2. The largest absolute Gasteiger partial charge is 0.370 e. The molecule has 0 atom stereocenters. The molecule has 7 heteroatoms. The maximum atomic E-state index is 11.3. The van der Waals surface area contributed by atoms with Crippen LogP contribution in [-0.4, -0.2) is 44.6 Å². The highest BCUT2D eigenvalue weighted by atomic mass is 32.2. The van der Waals surface area contributed by atoms with Crippen molar-refractivity contribution in [1.29, 1.82) is 0 Å². The molecule has 0 saturated carbocycles. The molecule has 2 rings (SSSR count). The Kier molecular flexibility index (Phi) is 5.08. The fourth-order valence-electron chi connectivity index (χ4n) is 2.30. The molecule has 0 unspecified atom stereocenters. The number of aliphatic imine (C=N–C) groups is 1. The predicted octanol–water partition coefficient (Wildman–Crippen LogP) is 1.43. The number of nitrogens with two attached hydrogens (primary N) is 1. The van der Waals surface area contributed by atoms with Gasteiger partial charge in [-0.25, -0.2) is 12.7 Å². The number of anilines is 1. The third-order valence-electron chi connectivity index (χ3n) is 3.74. The Morgan fingerprint density at radius 1 is 1.45 bits per heavy atom. The van der Waals surface area contributed by atoms with Gasteiger partial charge in [0.15, 0.2) is 5.96 Å². The number of benzene rings is 1. The van der Waals surface area contributed by atoms with E-state index < -0.39 is 10.0 Å². The van der Waals surface area contributed by atoms with E-state index in [0.717, 1.165) is 5.69 Å². The summed E-state index contributed by atoms with van der Waals surface area (Å²) in [4.78, 5) is 4.29. The van der Waals surface area contributed by atoms with Crippen molar-refractivity contribution >= 4 is 21.7 Å². The molecule has 0 spiro atoms. The van der Waals surface area contributed by atoms with Gasteiger partial charge in [0.05, 0.1) is 6.26 Å². The first-order valence-electron chi connectivity index (χ1n) is 7.37. The molecule has 1 aromatic carbocycles. The van der Waals surface area contributed by atoms with E-state index in [2.05, 4.69) is 36.3 Å². The average Bonchev–Trinajstić information content (AvgIpc) is 2.35. The van der Waals surface area contributed by atoms with Crippen molar-refractivity contribution in [2.45, 2.75) is 19.8 Å². The molecule has 0 amide bonds. The molecule has 122 valence electrons. The molecule has 22 heavy (non-hydrogen) atoms. The average molecular weight is 324 g/mol. The molecule has 6 nitrogen and oxygen atoms in total.